The van der Waals surface area contributed by atoms with Crippen LogP contribution in [-0.4, -0.2) is 117 Å². The molecule has 4 N–H and O–H groups in total. The highest BCUT2D eigenvalue weighted by Gasteiger charge is 2.42. The van der Waals surface area contributed by atoms with Gasteiger partial charge < -0.3 is 30.3 Å². The molecule has 5 atom stereocenters. The number of aliphatic hydroxyl groups excluding tert-OH is 2. The van der Waals surface area contributed by atoms with E-state index >= 15 is 0 Å². The van der Waals surface area contributed by atoms with E-state index in [9.17, 15) is 33.0 Å². The predicted molar refractivity (Wildman–Crippen MR) is 200 cm³/mol. The Labute approximate surface area is 323 Å². The Balaban J connectivity index is 1.19. The number of methoxy groups -OCH3 is 1. The van der Waals surface area contributed by atoms with Crippen LogP contribution in [0.15, 0.2) is 85.3 Å². The van der Waals surface area contributed by atoms with Gasteiger partial charge >= 0.3 is 6.18 Å². The Morgan fingerprint density at radius 1 is 1.05 bits per heavy atom. The van der Waals surface area contributed by atoms with Gasteiger partial charge in [0.1, 0.15) is 36.8 Å². The van der Waals surface area contributed by atoms with Gasteiger partial charge in [-0.2, -0.15) is 18.3 Å². The summed E-state index contributed by atoms with van der Waals surface area (Å²) in [6, 6.07) is 18.3. The number of hydrogen-bond donors (Lipinski definition) is 4. The van der Waals surface area contributed by atoms with Crippen LogP contribution in [0.3, 0.4) is 0 Å². The van der Waals surface area contributed by atoms with Gasteiger partial charge in [-0.25, -0.2) is 4.68 Å². The minimum Gasteiger partial charge on any atom is -0.495 e. The van der Waals surface area contributed by atoms with Gasteiger partial charge in [-0.3, -0.25) is 24.4 Å². The van der Waals surface area contributed by atoms with Crippen molar-refractivity contribution in [2.24, 2.45) is 5.92 Å². The first kappa shape index (κ1) is 40.6. The van der Waals surface area contributed by atoms with E-state index in [1.807, 2.05) is 60.5 Å². The van der Waals surface area contributed by atoms with Crippen molar-refractivity contribution in [3.05, 3.63) is 102 Å². The van der Waals surface area contributed by atoms with Crippen molar-refractivity contribution in [1.29, 1.82) is 0 Å². The molecule has 56 heavy (non-hydrogen) atoms. The molecule has 0 aliphatic carbocycles. The van der Waals surface area contributed by atoms with Gasteiger partial charge in [0.05, 0.1) is 48.6 Å². The first-order valence-corrected chi connectivity index (χ1v) is 18.5. The normalized spacial score (nSPS) is 20.3. The zero-order chi connectivity index (χ0) is 40.0. The van der Waals surface area contributed by atoms with Crippen molar-refractivity contribution in [3.63, 3.8) is 0 Å². The lowest BCUT2D eigenvalue weighted by Crippen LogP contribution is -2.63. The third-order valence-electron chi connectivity index (χ3n) is 10.5. The fourth-order valence-electron chi connectivity index (χ4n) is 7.35. The number of hydrogen-bond acceptors (Lipinski definition) is 10. The maximum absolute atomic E-state index is 14.0. The third-order valence-corrected chi connectivity index (χ3v) is 10.5. The number of aromatic nitrogens is 3. The largest absolute Gasteiger partial charge is 0.495 e. The Kier molecular flexibility index (Phi) is 12.6. The van der Waals surface area contributed by atoms with Crippen LogP contribution in [0.5, 0.6) is 11.5 Å². The molecule has 1 saturated heterocycles. The van der Waals surface area contributed by atoms with E-state index in [1.165, 1.54) is 7.11 Å². The fraction of sp³-hybridized carbons (Fsp3) is 0.450. The number of piperazine rings is 1. The van der Waals surface area contributed by atoms with Crippen LogP contribution < -0.4 is 20.1 Å². The number of nitrogens with one attached hydrogen (secondary N) is 2. The predicted octanol–water partition coefficient (Wildman–Crippen LogP) is 3.40. The Bertz CT molecular complexity index is 1940. The number of para-hydroxylation sites is 1. The van der Waals surface area contributed by atoms with Gasteiger partial charge in [-0.1, -0.05) is 48.5 Å². The van der Waals surface area contributed by atoms with E-state index in [0.29, 0.717) is 35.0 Å². The second-order valence-electron chi connectivity index (χ2n) is 14.8. The van der Waals surface area contributed by atoms with Crippen molar-refractivity contribution in [3.8, 4) is 17.2 Å². The molecule has 6 rings (SSSR count). The van der Waals surface area contributed by atoms with Crippen LogP contribution in [0, 0.1) is 5.92 Å². The van der Waals surface area contributed by atoms with E-state index in [2.05, 4.69) is 10.3 Å². The molecular formula is C40H48F3N7O6. The smallest absolute Gasteiger partial charge is 0.405 e. The number of rotatable bonds is 14. The number of alkyl halides is 3. The van der Waals surface area contributed by atoms with E-state index in [1.54, 1.807) is 58.5 Å². The summed E-state index contributed by atoms with van der Waals surface area (Å²) >= 11 is 0. The lowest BCUT2D eigenvalue weighted by Gasteiger charge is -2.47. The topological polar surface area (TPSA) is 154 Å². The second kappa shape index (κ2) is 17.4. The maximum Gasteiger partial charge on any atom is 0.405 e. The van der Waals surface area contributed by atoms with Crippen LogP contribution in [0.4, 0.5) is 13.2 Å². The summed E-state index contributed by atoms with van der Waals surface area (Å²) < 4.78 is 52.4. The lowest BCUT2D eigenvalue weighted by molar-refractivity contribution is -0.144. The van der Waals surface area contributed by atoms with Gasteiger partial charge in [0.15, 0.2) is 0 Å². The molecule has 0 saturated carbocycles. The summed E-state index contributed by atoms with van der Waals surface area (Å²) in [5.74, 6) is -0.844. The molecule has 0 unspecified atom stereocenters. The summed E-state index contributed by atoms with van der Waals surface area (Å²) in [6.45, 7) is 2.98. The van der Waals surface area contributed by atoms with Crippen LogP contribution in [0.2, 0.25) is 0 Å². The molecule has 4 aromatic rings. The second-order valence-corrected chi connectivity index (χ2v) is 14.8. The van der Waals surface area contributed by atoms with Crippen LogP contribution >= 0.6 is 0 Å². The third kappa shape index (κ3) is 9.85. The summed E-state index contributed by atoms with van der Waals surface area (Å²) in [4.78, 5) is 35.4. The van der Waals surface area contributed by atoms with E-state index < -0.39 is 54.4 Å². The number of benzene rings is 2. The fourth-order valence-corrected chi connectivity index (χ4v) is 7.35. The average Bonchev–Trinajstić information content (AvgIpc) is 3.70. The van der Waals surface area contributed by atoms with Gasteiger partial charge in [-0.05, 0) is 44.4 Å². The summed E-state index contributed by atoms with van der Waals surface area (Å²) in [5.41, 5.74) is 2.07. The molecule has 2 aromatic carbocycles. The van der Waals surface area contributed by atoms with Gasteiger partial charge in [0.25, 0.3) is 0 Å². The average molecular weight is 780 g/mol. The highest BCUT2D eigenvalue weighted by atomic mass is 19.4. The molecule has 0 spiro atoms. The number of pyridine rings is 1. The number of carbonyl (C=O) groups is 2. The first-order chi connectivity index (χ1) is 26.7. The zero-order valence-electron chi connectivity index (χ0n) is 31.5. The van der Waals surface area contributed by atoms with Crippen LogP contribution in [0.1, 0.15) is 43.1 Å². The van der Waals surface area contributed by atoms with Gasteiger partial charge in [0, 0.05) is 49.9 Å². The number of halogens is 3. The van der Waals surface area contributed by atoms with Crippen LogP contribution in [0.25, 0.3) is 5.69 Å². The number of amides is 2. The van der Waals surface area contributed by atoms with Gasteiger partial charge in [0.2, 0.25) is 11.8 Å². The summed E-state index contributed by atoms with van der Waals surface area (Å²) in [5, 5.41) is 32.2. The Morgan fingerprint density at radius 3 is 2.55 bits per heavy atom. The summed E-state index contributed by atoms with van der Waals surface area (Å²) in [6.07, 6.45) is -1.50. The van der Waals surface area contributed by atoms with Crippen molar-refractivity contribution in [1.82, 2.24) is 35.2 Å². The Morgan fingerprint density at radius 2 is 1.80 bits per heavy atom. The van der Waals surface area contributed by atoms with Crippen molar-refractivity contribution in [2.75, 3.05) is 46.4 Å². The standard InChI is InChI=1S/C40H48F3N7O6/c1-39(2,35-13-14-50(47-35)28-19-30(55-3)21-44-20-28)49-16-15-48(32(23-49)38(54)45-25-40(41,42)43)22-29(51)18-27(17-26-9-5-4-6-10-26)37(53)46-36-31-11-7-8-12-34(31)56-24-33(36)52/h4-14,19-21,27,29,32-33,36,51-52H,15-18,22-25H2,1-3H3,(H,45,54)(H,46,53)/t27-,29+,32+,33-,36+/m1/s1. The highest BCUT2D eigenvalue weighted by Crippen LogP contribution is 2.33. The molecule has 0 bridgehead atoms. The SMILES string of the molecule is COc1cncc(-n2ccc(C(C)(C)N3CCN(C[C@@H](O)C[C@@H](Cc4ccccc4)C(=O)N[C@H]4c5ccccc5OC[C@H]4O)[C@H](C(=O)NCC(F)(F)F)C3)n2)c1. The number of ether oxygens (including phenoxy) is 2. The minimum absolute atomic E-state index is 0.00383. The number of β-amino-alcohol motifs (C(OH)–C–C–N with tert-alkyl or cyclic N) is 1. The van der Waals surface area contributed by atoms with Crippen molar-refractivity contribution < 1.29 is 42.4 Å². The lowest BCUT2D eigenvalue weighted by atomic mass is 9.90. The summed E-state index contributed by atoms with van der Waals surface area (Å²) in [7, 11) is 1.54. The highest BCUT2D eigenvalue weighted by molar-refractivity contribution is 5.82. The molecule has 4 heterocycles. The molecule has 13 nitrogen and oxygen atoms in total. The number of nitrogens with zero attached hydrogens (tertiary/aromatic N) is 5. The van der Waals surface area contributed by atoms with Gasteiger partial charge in [-0.15, -0.1) is 0 Å². The quantitative estimate of drug-likeness (QED) is 0.150. The van der Waals surface area contributed by atoms with E-state index in [4.69, 9.17) is 14.6 Å². The zero-order valence-corrected chi connectivity index (χ0v) is 31.5. The van der Waals surface area contributed by atoms with E-state index in [0.717, 1.165) is 5.56 Å². The molecule has 2 amide bonds. The molecule has 16 heteroatoms. The number of fused-ring (bicyclic) bond motifs is 1. The number of aliphatic hydroxyl groups is 2. The monoisotopic (exact) mass is 779 g/mol. The molecular weight excluding hydrogens is 731 g/mol. The number of carbonyl (C=O) groups excluding carboxylic acids is 2. The molecule has 0 radical (unpaired) electrons. The minimum atomic E-state index is -4.62. The van der Waals surface area contributed by atoms with Crippen molar-refractivity contribution in [2.45, 2.75) is 62.7 Å². The van der Waals surface area contributed by atoms with Crippen molar-refractivity contribution >= 4 is 11.8 Å². The molecule has 2 aliphatic rings. The molecule has 2 aliphatic heterocycles. The molecule has 300 valence electrons. The first-order valence-electron chi connectivity index (χ1n) is 18.5. The Hall–Kier alpha value is -5.03. The van der Waals surface area contributed by atoms with Crippen LogP contribution in [-0.2, 0) is 21.5 Å². The maximum atomic E-state index is 14.0. The molecule has 1 fully saturated rings. The molecule has 2 aromatic heterocycles. The van der Waals surface area contributed by atoms with E-state index in [-0.39, 0.29) is 45.0 Å².